The van der Waals surface area contributed by atoms with Crippen molar-refractivity contribution in [3.05, 3.63) is 41.7 Å². The summed E-state index contributed by atoms with van der Waals surface area (Å²) in [5, 5.41) is 6.85. The number of benzene rings is 1. The van der Waals surface area contributed by atoms with Crippen LogP contribution in [0.1, 0.15) is 37.8 Å². The fourth-order valence-corrected chi connectivity index (χ4v) is 2.51. The molecule has 27 heavy (non-hydrogen) atoms. The summed E-state index contributed by atoms with van der Waals surface area (Å²) in [6, 6.07) is 3.10. The van der Waals surface area contributed by atoms with Gasteiger partial charge in [0.1, 0.15) is 11.3 Å². The maximum atomic E-state index is 13.0. The van der Waals surface area contributed by atoms with Crippen LogP contribution in [0.2, 0.25) is 0 Å². The number of halogens is 3. The molecular weight excluding hydrogens is 359 g/mol. The number of rotatable bonds is 6. The van der Waals surface area contributed by atoms with Gasteiger partial charge < -0.3 is 10.1 Å². The fourth-order valence-electron chi connectivity index (χ4n) is 2.51. The van der Waals surface area contributed by atoms with Gasteiger partial charge in [-0.05, 0) is 63.3 Å². The molecule has 0 bridgehead atoms. The molecule has 0 spiro atoms. The minimum atomic E-state index is -4.48. The molecule has 1 aromatic heterocycles. The monoisotopic (exact) mass is 381 g/mol. The van der Waals surface area contributed by atoms with Crippen LogP contribution < -0.4 is 10.1 Å². The molecule has 3 rings (SSSR count). The van der Waals surface area contributed by atoms with Gasteiger partial charge in [-0.25, -0.2) is 0 Å². The highest BCUT2D eigenvalue weighted by atomic mass is 19.4. The van der Waals surface area contributed by atoms with E-state index in [1.54, 1.807) is 26.2 Å². The molecule has 1 aromatic carbocycles. The molecule has 8 heteroatoms. The number of hydrogen-bond donors (Lipinski definition) is 1. The lowest BCUT2D eigenvalue weighted by Crippen LogP contribution is -2.40. The van der Waals surface area contributed by atoms with Crippen molar-refractivity contribution in [1.29, 1.82) is 0 Å². The van der Waals surface area contributed by atoms with Crippen molar-refractivity contribution in [2.45, 2.75) is 45.3 Å². The number of carbonyl (C=O) groups is 1. The average Bonchev–Trinajstić information content (AvgIpc) is 3.31. The minimum Gasteiger partial charge on any atom is -0.491 e. The number of anilines is 1. The van der Waals surface area contributed by atoms with E-state index in [0.717, 1.165) is 30.5 Å². The second-order valence-electron chi connectivity index (χ2n) is 7.44. The predicted octanol–water partition coefficient (Wildman–Crippen LogP) is 4.37. The largest absolute Gasteiger partial charge is 0.491 e. The van der Waals surface area contributed by atoms with Crippen molar-refractivity contribution < 1.29 is 22.7 Å². The summed E-state index contributed by atoms with van der Waals surface area (Å²) >= 11 is 0. The molecular formula is C19H22F3N3O2. The highest BCUT2D eigenvalue weighted by Crippen LogP contribution is 2.37. The molecule has 0 aliphatic heterocycles. The average molecular weight is 381 g/mol. The summed E-state index contributed by atoms with van der Waals surface area (Å²) in [5.41, 5.74) is -0.720. The van der Waals surface area contributed by atoms with Crippen molar-refractivity contribution in [2.75, 3.05) is 11.9 Å². The highest BCUT2D eigenvalue weighted by Gasteiger charge is 2.34. The first-order chi connectivity index (χ1) is 12.6. The molecule has 1 aliphatic rings. The van der Waals surface area contributed by atoms with E-state index in [0.29, 0.717) is 12.5 Å². The Hall–Kier alpha value is -2.51. The minimum absolute atomic E-state index is 0.0255. The van der Waals surface area contributed by atoms with Gasteiger partial charge in [0.25, 0.3) is 5.91 Å². The molecule has 1 heterocycles. The van der Waals surface area contributed by atoms with Gasteiger partial charge in [-0.15, -0.1) is 0 Å². The van der Waals surface area contributed by atoms with E-state index in [2.05, 4.69) is 10.4 Å². The number of amides is 1. The van der Waals surface area contributed by atoms with Crippen LogP contribution >= 0.6 is 0 Å². The van der Waals surface area contributed by atoms with Crippen LogP contribution in [0.25, 0.3) is 0 Å². The number of nitrogens with one attached hydrogen (secondary N) is 1. The van der Waals surface area contributed by atoms with E-state index in [4.69, 9.17) is 4.74 Å². The first-order valence-electron chi connectivity index (χ1n) is 8.74. The number of hydrogen-bond acceptors (Lipinski definition) is 3. The van der Waals surface area contributed by atoms with E-state index in [-0.39, 0.29) is 11.4 Å². The molecule has 1 amide bonds. The van der Waals surface area contributed by atoms with E-state index in [1.807, 2.05) is 6.92 Å². The second kappa shape index (κ2) is 6.90. The van der Waals surface area contributed by atoms with Crippen LogP contribution in [0, 0.1) is 12.8 Å². The number of alkyl halides is 3. The van der Waals surface area contributed by atoms with Gasteiger partial charge in [0.2, 0.25) is 0 Å². The van der Waals surface area contributed by atoms with Crippen molar-refractivity contribution in [3.8, 4) is 5.75 Å². The quantitative estimate of drug-likeness (QED) is 0.808. The van der Waals surface area contributed by atoms with Crippen LogP contribution in [0.3, 0.4) is 0 Å². The molecule has 0 radical (unpaired) electrons. The van der Waals surface area contributed by atoms with Crippen LogP contribution in [-0.4, -0.2) is 22.3 Å². The molecule has 1 N–H and O–H groups in total. The first-order valence-corrected chi connectivity index (χ1v) is 8.74. The molecule has 0 saturated heterocycles. The second-order valence-corrected chi connectivity index (χ2v) is 7.44. The van der Waals surface area contributed by atoms with Gasteiger partial charge in [-0.1, -0.05) is 0 Å². The molecule has 1 fully saturated rings. The molecule has 1 saturated carbocycles. The van der Waals surface area contributed by atoms with E-state index >= 15 is 0 Å². The van der Waals surface area contributed by atoms with Crippen molar-refractivity contribution >= 4 is 11.6 Å². The third-order valence-electron chi connectivity index (χ3n) is 4.57. The number of aromatic nitrogens is 2. The molecule has 0 atom stereocenters. The Morgan fingerprint density at radius 2 is 2.04 bits per heavy atom. The summed E-state index contributed by atoms with van der Waals surface area (Å²) in [7, 11) is 0. The number of ether oxygens (including phenoxy) is 1. The van der Waals surface area contributed by atoms with Gasteiger partial charge >= 0.3 is 6.18 Å². The maximum Gasteiger partial charge on any atom is 0.416 e. The zero-order chi connectivity index (χ0) is 19.8. The van der Waals surface area contributed by atoms with E-state index in [9.17, 15) is 18.0 Å². The van der Waals surface area contributed by atoms with Gasteiger partial charge in [0, 0.05) is 6.20 Å². The summed E-state index contributed by atoms with van der Waals surface area (Å²) in [5.74, 6) is -0.00858. The van der Waals surface area contributed by atoms with Gasteiger partial charge in [-0.2, -0.15) is 18.3 Å². The third kappa shape index (κ3) is 4.43. The predicted molar refractivity (Wildman–Crippen MR) is 94.6 cm³/mol. The Balaban J connectivity index is 1.84. The van der Waals surface area contributed by atoms with Gasteiger partial charge in [0.05, 0.1) is 24.1 Å². The summed E-state index contributed by atoms with van der Waals surface area (Å²) in [6.45, 7) is 5.57. The topological polar surface area (TPSA) is 56.2 Å². The Bertz CT molecular complexity index is 839. The van der Waals surface area contributed by atoms with Crippen molar-refractivity contribution in [2.24, 2.45) is 5.92 Å². The lowest BCUT2D eigenvalue weighted by Gasteiger charge is -2.25. The third-order valence-corrected chi connectivity index (χ3v) is 4.57. The molecule has 1 aliphatic carbocycles. The maximum absolute atomic E-state index is 13.0. The van der Waals surface area contributed by atoms with E-state index in [1.165, 1.54) is 10.7 Å². The Labute approximate surface area is 155 Å². The molecule has 2 aromatic rings. The summed E-state index contributed by atoms with van der Waals surface area (Å²) in [6.07, 6.45) is 0.902. The Morgan fingerprint density at radius 3 is 2.59 bits per heavy atom. The normalized spacial score (nSPS) is 14.9. The Morgan fingerprint density at radius 1 is 1.33 bits per heavy atom. The lowest BCUT2D eigenvalue weighted by molar-refractivity contribution is -0.137. The van der Waals surface area contributed by atoms with Crippen molar-refractivity contribution in [1.82, 2.24) is 9.78 Å². The number of aryl methyl sites for hydroxylation is 1. The number of nitrogens with zero attached hydrogens (tertiary/aromatic N) is 2. The van der Waals surface area contributed by atoms with Crippen LogP contribution in [0.5, 0.6) is 5.75 Å². The SMILES string of the molecule is Cc1cnn(C(C)(C)C(=O)Nc2ccc(C(F)(F)F)cc2OCC2CC2)c1. The van der Waals surface area contributed by atoms with Crippen LogP contribution in [0.15, 0.2) is 30.6 Å². The van der Waals surface area contributed by atoms with Crippen LogP contribution in [-0.2, 0) is 16.5 Å². The first kappa shape index (κ1) is 19.3. The zero-order valence-electron chi connectivity index (χ0n) is 15.4. The van der Waals surface area contributed by atoms with Crippen LogP contribution in [0.4, 0.5) is 18.9 Å². The molecule has 0 unspecified atom stereocenters. The summed E-state index contributed by atoms with van der Waals surface area (Å²) in [4.78, 5) is 12.8. The van der Waals surface area contributed by atoms with Gasteiger partial charge in [0.15, 0.2) is 0 Å². The Kier molecular flexibility index (Phi) is 4.92. The lowest BCUT2D eigenvalue weighted by atomic mass is 10.0. The highest BCUT2D eigenvalue weighted by molar-refractivity contribution is 5.97. The van der Waals surface area contributed by atoms with Crippen molar-refractivity contribution in [3.63, 3.8) is 0 Å². The number of carbonyl (C=O) groups excluding carboxylic acids is 1. The standard InChI is InChI=1S/C19H22F3N3O2/c1-12-9-23-25(10-12)18(2,3)17(26)24-15-7-6-14(19(20,21)22)8-16(15)27-11-13-4-5-13/h6-10,13H,4-5,11H2,1-3H3,(H,24,26). The zero-order valence-corrected chi connectivity index (χ0v) is 15.4. The van der Waals surface area contributed by atoms with E-state index < -0.39 is 23.2 Å². The molecule has 146 valence electrons. The summed E-state index contributed by atoms with van der Waals surface area (Å²) < 4.78 is 46.2. The smallest absolute Gasteiger partial charge is 0.416 e. The van der Waals surface area contributed by atoms with Gasteiger partial charge in [-0.3, -0.25) is 9.48 Å². The molecule has 5 nitrogen and oxygen atoms in total. The fraction of sp³-hybridized carbons (Fsp3) is 0.474.